The summed E-state index contributed by atoms with van der Waals surface area (Å²) in [5, 5.41) is 20.7. The van der Waals surface area contributed by atoms with Crippen LogP contribution in [0.15, 0.2) is 78.9 Å². The van der Waals surface area contributed by atoms with Crippen molar-refractivity contribution >= 4 is 0 Å². The molecule has 0 saturated carbocycles. The Balaban J connectivity index is 1.88. The van der Waals surface area contributed by atoms with Crippen molar-refractivity contribution in [1.29, 1.82) is 0 Å². The molecule has 0 amide bonds. The largest absolute Gasteiger partial charge is 0.508 e. The lowest BCUT2D eigenvalue weighted by Crippen LogP contribution is -2.25. The summed E-state index contributed by atoms with van der Waals surface area (Å²) in [5.74, 6) is 0.516. The monoisotopic (exact) mass is 362 g/mol. The minimum atomic E-state index is -0.528. The molecule has 4 aromatic carbocycles. The minimum Gasteiger partial charge on any atom is -0.508 e. The Kier molecular flexibility index (Phi) is 2.80. The molecule has 0 heterocycles. The molecule has 0 aliphatic heterocycles. The van der Waals surface area contributed by atoms with Gasteiger partial charge in [-0.15, -0.1) is 0 Å². The molecule has 2 aliphatic rings. The van der Waals surface area contributed by atoms with Gasteiger partial charge in [0.1, 0.15) is 11.5 Å². The number of hydrogen-bond acceptors (Lipinski definition) is 2. The number of rotatable bonds is 0. The highest BCUT2D eigenvalue weighted by Crippen LogP contribution is 2.63. The van der Waals surface area contributed by atoms with Gasteiger partial charge in [-0.1, -0.05) is 60.2 Å². The average molecular weight is 362 g/mol. The summed E-state index contributed by atoms with van der Waals surface area (Å²) < 4.78 is 0. The first kappa shape index (κ1) is 15.5. The van der Waals surface area contributed by atoms with Crippen molar-refractivity contribution in [3.63, 3.8) is 0 Å². The molecule has 0 aromatic heterocycles. The highest BCUT2D eigenvalue weighted by molar-refractivity contribution is 5.95. The third kappa shape index (κ3) is 1.68. The first-order chi connectivity index (χ1) is 13.6. The molecule has 0 radical (unpaired) electrons. The number of aromatic hydroxyl groups is 2. The van der Waals surface area contributed by atoms with Crippen molar-refractivity contribution in [3.8, 4) is 33.8 Å². The molecular weight excluding hydrogens is 344 g/mol. The fraction of sp³-hybridized carbons (Fsp3) is 0.0769. The third-order valence-corrected chi connectivity index (χ3v) is 6.30. The fourth-order valence-electron chi connectivity index (χ4n) is 5.27. The number of hydrogen-bond donors (Lipinski definition) is 2. The zero-order valence-corrected chi connectivity index (χ0v) is 15.4. The van der Waals surface area contributed by atoms with Gasteiger partial charge in [-0.2, -0.15) is 0 Å². The number of benzene rings is 4. The van der Waals surface area contributed by atoms with E-state index in [-0.39, 0.29) is 11.5 Å². The van der Waals surface area contributed by atoms with Crippen molar-refractivity contribution in [2.45, 2.75) is 12.3 Å². The highest BCUT2D eigenvalue weighted by Gasteiger charge is 2.51. The zero-order valence-electron chi connectivity index (χ0n) is 15.4. The second-order valence-corrected chi connectivity index (χ2v) is 7.80. The van der Waals surface area contributed by atoms with Gasteiger partial charge in [-0.25, -0.2) is 0 Å². The fourth-order valence-corrected chi connectivity index (χ4v) is 5.27. The number of fused-ring (bicyclic) bond motifs is 10. The predicted octanol–water partition coefficient (Wildman–Crippen LogP) is 5.75. The second-order valence-electron chi connectivity index (χ2n) is 7.80. The molecule has 4 aromatic rings. The molecule has 28 heavy (non-hydrogen) atoms. The lowest BCUT2D eigenvalue weighted by Gasteiger charge is -2.30. The molecule has 2 nitrogen and oxygen atoms in total. The van der Waals surface area contributed by atoms with E-state index in [0.717, 1.165) is 22.3 Å². The van der Waals surface area contributed by atoms with Crippen LogP contribution in [0.3, 0.4) is 0 Å². The normalized spacial score (nSPS) is 14.5. The van der Waals surface area contributed by atoms with Gasteiger partial charge < -0.3 is 10.2 Å². The quantitative estimate of drug-likeness (QED) is 0.361. The van der Waals surface area contributed by atoms with Crippen LogP contribution < -0.4 is 0 Å². The van der Waals surface area contributed by atoms with Gasteiger partial charge in [-0.05, 0) is 75.7 Å². The Bertz CT molecular complexity index is 1230. The lowest BCUT2D eigenvalue weighted by molar-refractivity contribution is 0.473. The van der Waals surface area contributed by atoms with Crippen LogP contribution in [0.4, 0.5) is 0 Å². The maximum absolute atomic E-state index is 10.4. The van der Waals surface area contributed by atoms with Crippen LogP contribution in [-0.4, -0.2) is 10.2 Å². The Morgan fingerprint density at radius 1 is 0.536 bits per heavy atom. The maximum atomic E-state index is 10.4. The summed E-state index contributed by atoms with van der Waals surface area (Å²) in [5.41, 5.74) is 9.87. The molecule has 0 atom stereocenters. The molecule has 0 saturated heterocycles. The molecule has 0 fully saturated rings. The number of phenols is 2. The summed E-state index contributed by atoms with van der Waals surface area (Å²) in [7, 11) is 0. The van der Waals surface area contributed by atoms with Crippen molar-refractivity contribution in [2.75, 3.05) is 0 Å². The van der Waals surface area contributed by atoms with Crippen LogP contribution in [0.1, 0.15) is 27.8 Å². The van der Waals surface area contributed by atoms with E-state index in [1.165, 1.54) is 27.8 Å². The maximum Gasteiger partial charge on any atom is 0.115 e. The van der Waals surface area contributed by atoms with Crippen LogP contribution in [0.5, 0.6) is 11.5 Å². The Morgan fingerprint density at radius 3 is 1.68 bits per heavy atom. The van der Waals surface area contributed by atoms with Gasteiger partial charge in [0.05, 0.1) is 5.41 Å². The van der Waals surface area contributed by atoms with Gasteiger partial charge >= 0.3 is 0 Å². The molecule has 134 valence electrons. The zero-order chi connectivity index (χ0) is 19.0. The van der Waals surface area contributed by atoms with E-state index in [1.54, 1.807) is 12.1 Å². The van der Waals surface area contributed by atoms with Gasteiger partial charge in [0.2, 0.25) is 0 Å². The second kappa shape index (κ2) is 5.05. The number of aryl methyl sites for hydroxylation is 1. The molecule has 2 N–H and O–H groups in total. The molecule has 0 unspecified atom stereocenters. The number of phenolic OH excluding ortho intramolecular Hbond substituents is 2. The van der Waals surface area contributed by atoms with Crippen LogP contribution >= 0.6 is 0 Å². The summed E-state index contributed by atoms with van der Waals surface area (Å²) in [6, 6.07) is 26.3. The van der Waals surface area contributed by atoms with E-state index in [9.17, 15) is 10.2 Å². The van der Waals surface area contributed by atoms with Gasteiger partial charge in [0.25, 0.3) is 0 Å². The van der Waals surface area contributed by atoms with E-state index in [4.69, 9.17) is 0 Å². The summed E-state index contributed by atoms with van der Waals surface area (Å²) in [6.07, 6.45) is 0. The van der Waals surface area contributed by atoms with E-state index >= 15 is 0 Å². The smallest absolute Gasteiger partial charge is 0.115 e. The van der Waals surface area contributed by atoms with Gasteiger partial charge in [0, 0.05) is 0 Å². The van der Waals surface area contributed by atoms with Crippen molar-refractivity contribution in [1.82, 2.24) is 0 Å². The standard InChI is InChI=1S/C26H18O2/c1-15-6-9-19-18-4-2-3-5-22(18)26(23(19)12-15)24-13-16(27)7-10-20(24)21-11-8-17(28)14-25(21)26/h2-14,27-28H,1H3. The average Bonchev–Trinajstić information content (AvgIpc) is 3.13. The summed E-state index contributed by atoms with van der Waals surface area (Å²) in [6.45, 7) is 2.11. The Labute approximate surface area is 163 Å². The molecular formula is C26H18O2. The molecule has 6 rings (SSSR count). The van der Waals surface area contributed by atoms with Crippen LogP contribution in [0, 0.1) is 6.92 Å². The minimum absolute atomic E-state index is 0.258. The summed E-state index contributed by atoms with van der Waals surface area (Å²) >= 11 is 0. The Hall–Kier alpha value is -3.52. The van der Waals surface area contributed by atoms with Crippen molar-refractivity contribution in [2.24, 2.45) is 0 Å². The molecule has 1 spiro atoms. The molecule has 2 aliphatic carbocycles. The third-order valence-electron chi connectivity index (χ3n) is 6.30. The van der Waals surface area contributed by atoms with Crippen molar-refractivity contribution < 1.29 is 10.2 Å². The summed E-state index contributed by atoms with van der Waals surface area (Å²) in [4.78, 5) is 0. The topological polar surface area (TPSA) is 40.5 Å². The van der Waals surface area contributed by atoms with Crippen molar-refractivity contribution in [3.05, 3.63) is 107 Å². The predicted molar refractivity (Wildman–Crippen MR) is 111 cm³/mol. The van der Waals surface area contributed by atoms with E-state index in [1.807, 2.05) is 24.3 Å². The Morgan fingerprint density at radius 2 is 1.04 bits per heavy atom. The van der Waals surface area contributed by atoms with Crippen LogP contribution in [0.25, 0.3) is 22.3 Å². The first-order valence-corrected chi connectivity index (χ1v) is 9.49. The SMILES string of the molecule is Cc1ccc2c(c1)C1(c3ccccc3-2)c2cc(O)ccc2-c2ccc(O)cc21. The molecule has 2 heteroatoms. The molecule has 0 bridgehead atoms. The van der Waals surface area contributed by atoms with Crippen LogP contribution in [-0.2, 0) is 5.41 Å². The highest BCUT2D eigenvalue weighted by atomic mass is 16.3. The lowest BCUT2D eigenvalue weighted by atomic mass is 9.70. The van der Waals surface area contributed by atoms with E-state index in [2.05, 4.69) is 49.4 Å². The van der Waals surface area contributed by atoms with Gasteiger partial charge in [0.15, 0.2) is 0 Å². The van der Waals surface area contributed by atoms with Crippen LogP contribution in [0.2, 0.25) is 0 Å². The van der Waals surface area contributed by atoms with Gasteiger partial charge in [-0.3, -0.25) is 0 Å². The van der Waals surface area contributed by atoms with E-state index in [0.29, 0.717) is 0 Å². The first-order valence-electron chi connectivity index (χ1n) is 9.49. The van der Waals surface area contributed by atoms with E-state index < -0.39 is 5.41 Å².